The highest BCUT2D eigenvalue weighted by atomic mass is 32.2. The van der Waals surface area contributed by atoms with Gasteiger partial charge in [0.2, 0.25) is 0 Å². The predicted molar refractivity (Wildman–Crippen MR) is 132 cm³/mol. The topological polar surface area (TPSA) is 80.3 Å². The summed E-state index contributed by atoms with van der Waals surface area (Å²) in [6.07, 6.45) is 0. The Morgan fingerprint density at radius 1 is 0.647 bits per heavy atom. The van der Waals surface area contributed by atoms with E-state index < -0.39 is 10.1 Å². The SMILES string of the molecule is Cc1ccc(S(=O)(=O)OCCOCCOCCOCCOCc2ccc(C(C)(C)C)cc2)cc1. The first-order valence-corrected chi connectivity index (χ1v) is 13.0. The zero-order valence-corrected chi connectivity index (χ0v) is 21.6. The smallest absolute Gasteiger partial charge is 0.297 e. The second-order valence-electron chi connectivity index (χ2n) is 8.93. The molecule has 0 saturated carbocycles. The predicted octanol–water partition coefficient (Wildman–Crippen LogP) is 4.26. The van der Waals surface area contributed by atoms with Gasteiger partial charge in [-0.2, -0.15) is 8.42 Å². The van der Waals surface area contributed by atoms with Gasteiger partial charge in [0.15, 0.2) is 0 Å². The molecular weight excluding hydrogens is 456 g/mol. The van der Waals surface area contributed by atoms with Gasteiger partial charge in [0.05, 0.1) is 64.4 Å². The second kappa shape index (κ2) is 14.6. The first-order chi connectivity index (χ1) is 16.2. The third-order valence-electron chi connectivity index (χ3n) is 4.98. The van der Waals surface area contributed by atoms with Crippen LogP contribution < -0.4 is 0 Å². The van der Waals surface area contributed by atoms with E-state index in [0.717, 1.165) is 11.1 Å². The van der Waals surface area contributed by atoms with E-state index in [1.807, 2.05) is 6.92 Å². The van der Waals surface area contributed by atoms with E-state index in [2.05, 4.69) is 45.0 Å². The van der Waals surface area contributed by atoms with Crippen molar-refractivity contribution in [3.8, 4) is 0 Å². The molecule has 0 aliphatic carbocycles. The van der Waals surface area contributed by atoms with E-state index in [4.69, 9.17) is 23.1 Å². The lowest BCUT2D eigenvalue weighted by atomic mass is 9.87. The summed E-state index contributed by atoms with van der Waals surface area (Å²) in [5.41, 5.74) is 3.60. The molecule has 0 N–H and O–H groups in total. The lowest BCUT2D eigenvalue weighted by molar-refractivity contribution is -0.00642. The summed E-state index contributed by atoms with van der Waals surface area (Å²) in [6, 6.07) is 15.0. The van der Waals surface area contributed by atoms with E-state index >= 15 is 0 Å². The standard InChI is InChI=1S/C26H38O7S/c1-22-5-11-25(12-6-22)34(27,28)33-20-19-31-16-15-29-13-14-30-17-18-32-21-23-7-9-24(10-8-23)26(2,3)4/h5-12H,13-21H2,1-4H3. The van der Waals surface area contributed by atoms with Crippen molar-refractivity contribution >= 4 is 10.1 Å². The number of hydrogen-bond acceptors (Lipinski definition) is 7. The van der Waals surface area contributed by atoms with Gasteiger partial charge in [-0.3, -0.25) is 4.18 Å². The maximum atomic E-state index is 12.0. The van der Waals surface area contributed by atoms with Crippen molar-refractivity contribution in [2.24, 2.45) is 0 Å². The zero-order valence-electron chi connectivity index (χ0n) is 20.7. The van der Waals surface area contributed by atoms with Gasteiger partial charge in [-0.05, 0) is 35.6 Å². The quantitative estimate of drug-likeness (QED) is 0.255. The lowest BCUT2D eigenvalue weighted by Crippen LogP contribution is -2.15. The molecule has 0 bridgehead atoms. The fourth-order valence-corrected chi connectivity index (χ4v) is 3.82. The number of benzene rings is 2. The third kappa shape index (κ3) is 11.1. The summed E-state index contributed by atoms with van der Waals surface area (Å²) in [4.78, 5) is 0.140. The Bertz CT molecular complexity index is 917. The van der Waals surface area contributed by atoms with Crippen LogP contribution in [0.1, 0.15) is 37.5 Å². The van der Waals surface area contributed by atoms with Crippen molar-refractivity contribution in [2.45, 2.75) is 44.6 Å². The third-order valence-corrected chi connectivity index (χ3v) is 6.31. The normalized spacial score (nSPS) is 12.2. The van der Waals surface area contributed by atoms with Crippen LogP contribution in [0.25, 0.3) is 0 Å². The van der Waals surface area contributed by atoms with Crippen molar-refractivity contribution < 1.29 is 31.5 Å². The lowest BCUT2D eigenvalue weighted by Gasteiger charge is -2.19. The van der Waals surface area contributed by atoms with Crippen LogP contribution in [-0.4, -0.2) is 61.3 Å². The minimum Gasteiger partial charge on any atom is -0.377 e. The van der Waals surface area contributed by atoms with E-state index in [9.17, 15) is 8.42 Å². The average molecular weight is 495 g/mol. The molecule has 0 radical (unpaired) electrons. The van der Waals surface area contributed by atoms with Crippen LogP contribution in [0, 0.1) is 6.92 Å². The summed E-state index contributed by atoms with van der Waals surface area (Å²) in [6.45, 7) is 11.9. The molecule has 7 nitrogen and oxygen atoms in total. The molecule has 2 aromatic carbocycles. The van der Waals surface area contributed by atoms with Gasteiger partial charge in [0.25, 0.3) is 10.1 Å². The van der Waals surface area contributed by atoms with Gasteiger partial charge in [0, 0.05) is 0 Å². The van der Waals surface area contributed by atoms with Crippen LogP contribution in [-0.2, 0) is 45.3 Å². The fraction of sp³-hybridized carbons (Fsp3) is 0.538. The summed E-state index contributed by atoms with van der Waals surface area (Å²) in [5.74, 6) is 0. The van der Waals surface area contributed by atoms with Crippen LogP contribution in [0.15, 0.2) is 53.4 Å². The van der Waals surface area contributed by atoms with E-state index in [1.54, 1.807) is 12.1 Å². The van der Waals surface area contributed by atoms with Crippen LogP contribution in [0.2, 0.25) is 0 Å². The van der Waals surface area contributed by atoms with Gasteiger partial charge in [-0.1, -0.05) is 62.7 Å². The summed E-state index contributed by atoms with van der Waals surface area (Å²) < 4.78 is 50.9. The zero-order chi connectivity index (χ0) is 24.9. The monoisotopic (exact) mass is 494 g/mol. The minimum atomic E-state index is -3.75. The van der Waals surface area contributed by atoms with Crippen LogP contribution in [0.5, 0.6) is 0 Å². The van der Waals surface area contributed by atoms with Crippen molar-refractivity contribution in [1.82, 2.24) is 0 Å². The Hall–Kier alpha value is -1.81. The van der Waals surface area contributed by atoms with Crippen LogP contribution in [0.4, 0.5) is 0 Å². The maximum absolute atomic E-state index is 12.0. The van der Waals surface area contributed by atoms with E-state index in [-0.39, 0.29) is 23.5 Å². The van der Waals surface area contributed by atoms with Crippen molar-refractivity contribution in [3.05, 3.63) is 65.2 Å². The molecule has 0 fully saturated rings. The largest absolute Gasteiger partial charge is 0.377 e. The summed E-state index contributed by atoms with van der Waals surface area (Å²) in [7, 11) is -3.75. The van der Waals surface area contributed by atoms with Gasteiger partial charge in [-0.15, -0.1) is 0 Å². The van der Waals surface area contributed by atoms with Crippen LogP contribution >= 0.6 is 0 Å². The Morgan fingerprint density at radius 3 is 1.62 bits per heavy atom. The molecular formula is C26H38O7S. The molecule has 34 heavy (non-hydrogen) atoms. The molecule has 2 aromatic rings. The Labute approximate surface area is 204 Å². The van der Waals surface area contributed by atoms with Crippen molar-refractivity contribution in [3.63, 3.8) is 0 Å². The molecule has 0 heterocycles. The highest BCUT2D eigenvalue weighted by Crippen LogP contribution is 2.22. The molecule has 2 rings (SSSR count). The molecule has 0 atom stereocenters. The molecule has 0 aliphatic rings. The minimum absolute atomic E-state index is 0.0416. The van der Waals surface area contributed by atoms with E-state index in [0.29, 0.717) is 46.2 Å². The van der Waals surface area contributed by atoms with Gasteiger partial charge >= 0.3 is 0 Å². The van der Waals surface area contributed by atoms with Gasteiger partial charge < -0.3 is 18.9 Å². The molecule has 190 valence electrons. The van der Waals surface area contributed by atoms with Gasteiger partial charge in [-0.25, -0.2) is 0 Å². The highest BCUT2D eigenvalue weighted by Gasteiger charge is 2.14. The molecule has 0 aromatic heterocycles. The number of hydrogen-bond donors (Lipinski definition) is 0. The first kappa shape index (κ1) is 28.4. The molecule has 8 heteroatoms. The second-order valence-corrected chi connectivity index (χ2v) is 10.5. The van der Waals surface area contributed by atoms with E-state index in [1.165, 1.54) is 17.7 Å². The van der Waals surface area contributed by atoms with Crippen molar-refractivity contribution in [1.29, 1.82) is 0 Å². The Balaban J connectivity index is 1.39. The molecule has 0 unspecified atom stereocenters. The van der Waals surface area contributed by atoms with Crippen LogP contribution in [0.3, 0.4) is 0 Å². The molecule has 0 aliphatic heterocycles. The summed E-state index contributed by atoms with van der Waals surface area (Å²) in [5, 5.41) is 0. The van der Waals surface area contributed by atoms with Gasteiger partial charge in [0.1, 0.15) is 0 Å². The number of rotatable bonds is 16. The highest BCUT2D eigenvalue weighted by molar-refractivity contribution is 7.86. The Morgan fingerprint density at radius 2 is 1.12 bits per heavy atom. The molecule has 0 saturated heterocycles. The fourth-order valence-electron chi connectivity index (χ4n) is 2.93. The first-order valence-electron chi connectivity index (χ1n) is 11.5. The number of ether oxygens (including phenoxy) is 4. The molecule has 0 spiro atoms. The maximum Gasteiger partial charge on any atom is 0.297 e. The van der Waals surface area contributed by atoms with Crippen molar-refractivity contribution in [2.75, 3.05) is 52.9 Å². The number of aryl methyl sites for hydroxylation is 1. The summed E-state index contributed by atoms with van der Waals surface area (Å²) >= 11 is 0. The Kier molecular flexibility index (Phi) is 12.2. The average Bonchev–Trinajstić information content (AvgIpc) is 2.79. The molecule has 0 amide bonds.